The van der Waals surface area contributed by atoms with Crippen LogP contribution < -0.4 is 31.9 Å². The van der Waals surface area contributed by atoms with Crippen molar-refractivity contribution in [3.63, 3.8) is 0 Å². The summed E-state index contributed by atoms with van der Waals surface area (Å²) in [7, 11) is 0. The molecule has 0 bridgehead atoms. The van der Waals surface area contributed by atoms with Crippen molar-refractivity contribution in [1.82, 2.24) is 98.5 Å². The summed E-state index contributed by atoms with van der Waals surface area (Å²) < 4.78 is 9.70. The molecule has 4 atom stereocenters. The molecule has 12 N–H and O–H groups in total. The van der Waals surface area contributed by atoms with Gasteiger partial charge in [0.1, 0.15) is 70.3 Å². The van der Waals surface area contributed by atoms with Crippen molar-refractivity contribution < 1.29 is 30.6 Å². The van der Waals surface area contributed by atoms with Crippen LogP contribution in [0.3, 0.4) is 0 Å². The summed E-state index contributed by atoms with van der Waals surface area (Å²) in [5.41, 5.74) is 15.6. The van der Waals surface area contributed by atoms with E-state index in [-0.39, 0.29) is 13.2 Å². The number of nitrogens with one attached hydrogen (secondary N) is 6. The van der Waals surface area contributed by atoms with Gasteiger partial charge in [0.25, 0.3) is 0 Å². The van der Waals surface area contributed by atoms with Gasteiger partial charge in [-0.25, -0.2) is 39.9 Å². The monoisotopic (exact) mass is 1800 g/mol. The second-order valence-corrected chi connectivity index (χ2v) is 38.6. The van der Waals surface area contributed by atoms with E-state index >= 15 is 0 Å². The number of para-hydroxylation sites is 4. The molecular formula is C104H120N24O6. The first-order chi connectivity index (χ1) is 65.5. The van der Waals surface area contributed by atoms with Crippen molar-refractivity contribution in [3.05, 3.63) is 215 Å². The average Bonchev–Trinajstić information content (AvgIpc) is 1.61. The number of hydrogen-bond donors (Lipinski definition) is 12. The number of pyridine rings is 4. The SMILES string of the molecule is CC1CCC(n2c3ccccc3c3cnc(Nc4ccc5c(n4)[C@@H](O)CN(CCO)C5)nc32)CC1.CC1CCC(n2c3ccccc3c3cnc(Nc4ccc5c(n4)[C@@H](O)CNC5)nc32)CC1.CC1CCC(n2c3ccccc3c3cnc(Nc4ccc5c(n4)[C@H](O)CN(CCO)C5)nc32)CC1.CC1CCC(n2c3ccccc3c3cnc(Nc4ccc5c(n4)[C@H](O)CNC5)nc32)CC1. The highest BCUT2D eigenvalue weighted by Crippen LogP contribution is 2.45. The van der Waals surface area contributed by atoms with Crippen LogP contribution in [0.25, 0.3) is 87.7 Å². The van der Waals surface area contributed by atoms with Gasteiger partial charge >= 0.3 is 0 Å². The van der Waals surface area contributed by atoms with E-state index in [4.69, 9.17) is 29.9 Å². The highest BCUT2D eigenvalue weighted by atomic mass is 16.3. The smallest absolute Gasteiger partial charge is 0.230 e. The number of nitrogens with zero attached hydrogens (tertiary/aromatic N) is 18. The predicted molar refractivity (Wildman–Crippen MR) is 525 cm³/mol. The Kier molecular flexibility index (Phi) is 25.5. The molecule has 4 aliphatic heterocycles. The molecule has 30 nitrogen and oxygen atoms in total. The van der Waals surface area contributed by atoms with Crippen LogP contribution in [0.4, 0.5) is 47.1 Å². The highest BCUT2D eigenvalue weighted by Gasteiger charge is 2.34. The van der Waals surface area contributed by atoms with Crippen molar-refractivity contribution in [2.75, 3.05) is 73.7 Å². The molecule has 0 spiro atoms. The van der Waals surface area contributed by atoms with Crippen molar-refractivity contribution >= 4 is 135 Å². The molecule has 4 saturated carbocycles. The van der Waals surface area contributed by atoms with Gasteiger partial charge in [-0.2, -0.15) is 19.9 Å². The van der Waals surface area contributed by atoms with E-state index < -0.39 is 24.4 Å². The van der Waals surface area contributed by atoms with Gasteiger partial charge in [-0.1, -0.05) is 125 Å². The number of hydrogen-bond acceptors (Lipinski definition) is 26. The number of fused-ring (bicyclic) bond motifs is 16. The quantitative estimate of drug-likeness (QED) is 0.0427. The second kappa shape index (κ2) is 38.6. The Bertz CT molecular complexity index is 6530. The number of aliphatic hydroxyl groups is 6. The Morgan fingerprint density at radius 3 is 0.821 bits per heavy atom. The molecule has 8 aliphatic rings. The molecule has 0 saturated heterocycles. The zero-order chi connectivity index (χ0) is 91.2. The molecule has 0 amide bonds. The lowest BCUT2D eigenvalue weighted by Crippen LogP contribution is -2.36. The van der Waals surface area contributed by atoms with Gasteiger partial charge in [0, 0.05) is 157 Å². The Hall–Kier alpha value is -12.2. The summed E-state index contributed by atoms with van der Waals surface area (Å²) in [6, 6.07) is 51.5. The molecule has 16 heterocycles. The molecule has 0 unspecified atom stereocenters. The van der Waals surface area contributed by atoms with E-state index in [1.54, 1.807) is 0 Å². The van der Waals surface area contributed by atoms with Gasteiger partial charge in [0.2, 0.25) is 23.8 Å². The van der Waals surface area contributed by atoms with Crippen LogP contribution >= 0.6 is 0 Å². The summed E-state index contributed by atoms with van der Waals surface area (Å²) >= 11 is 0. The number of benzene rings is 4. The molecule has 4 aromatic carbocycles. The molecule has 134 heavy (non-hydrogen) atoms. The third-order valence-electron chi connectivity index (χ3n) is 29.3. The van der Waals surface area contributed by atoms with Crippen LogP contribution in [0.2, 0.25) is 0 Å². The fourth-order valence-electron chi connectivity index (χ4n) is 22.1. The minimum absolute atomic E-state index is 0.0750. The number of rotatable bonds is 16. The average molecular weight is 1800 g/mol. The first kappa shape index (κ1) is 88.4. The normalized spacial score (nSPS) is 23.2. The third-order valence-corrected chi connectivity index (χ3v) is 29.3. The van der Waals surface area contributed by atoms with Crippen molar-refractivity contribution in [2.24, 2.45) is 23.7 Å². The Balaban J connectivity index is 0.000000107. The number of β-amino-alcohol motifs (C(OH)–C–C–N with tert-alkyl or cyclic N) is 6. The molecule has 4 fully saturated rings. The largest absolute Gasteiger partial charge is 0.395 e. The lowest BCUT2D eigenvalue weighted by atomic mass is 9.87. The third kappa shape index (κ3) is 18.1. The second-order valence-electron chi connectivity index (χ2n) is 38.6. The van der Waals surface area contributed by atoms with Crippen molar-refractivity contribution in [2.45, 2.75) is 205 Å². The number of aromatic nitrogens is 16. The van der Waals surface area contributed by atoms with E-state index in [0.29, 0.717) is 135 Å². The van der Waals surface area contributed by atoms with Crippen LogP contribution in [-0.2, 0) is 26.2 Å². The van der Waals surface area contributed by atoms with Crippen molar-refractivity contribution in [3.8, 4) is 0 Å². The molecule has 0 radical (unpaired) electrons. The maximum Gasteiger partial charge on any atom is 0.230 e. The first-order valence-corrected chi connectivity index (χ1v) is 48.5. The van der Waals surface area contributed by atoms with E-state index in [0.717, 1.165) is 115 Å². The predicted octanol–water partition coefficient (Wildman–Crippen LogP) is 17.9. The fraction of sp³-hybridized carbons (Fsp3) is 0.423. The molecule has 4 aliphatic carbocycles. The molecular weight excluding hydrogens is 1680 g/mol. The van der Waals surface area contributed by atoms with Gasteiger partial charge in [-0.15, -0.1) is 0 Å². The van der Waals surface area contributed by atoms with Gasteiger partial charge in [-0.05, 0) is 197 Å². The zero-order valence-corrected chi connectivity index (χ0v) is 76.6. The van der Waals surface area contributed by atoms with E-state index in [2.05, 4.69) is 205 Å². The minimum atomic E-state index is -0.688. The van der Waals surface area contributed by atoms with Gasteiger partial charge in [0.15, 0.2) is 0 Å². The zero-order valence-electron chi connectivity index (χ0n) is 76.6. The standard InChI is InChI=1S/2C27H32N6O2.2C25H28N6O/c2*1-17-6-9-19(10-7-17)33-22-5-3-2-4-20(22)21-14-28-27(31-26(21)33)30-24-11-8-18-15-32(12-13-34)16-23(35)25(18)29-24;2*1-15-6-9-17(10-7-15)31-20-5-3-2-4-18(20)19-13-27-25(30-24(19)31)29-22-11-8-16-12-26-14-21(32)23(16)28-22/h2*2-5,8,11,14,17,19,23,34-35H,6-7,9-10,12-13,15-16H2,1H3,(H,28,29,30,31);2*2-5,8,11,13,15,17,21,26,32H,6-7,9-10,12,14H2,1H3,(H,27,28,29,30)/t2*17?,19?,23-;2*15?,17?,21-/m1010/s1. The van der Waals surface area contributed by atoms with Crippen molar-refractivity contribution in [1.29, 1.82) is 0 Å². The lowest BCUT2D eigenvalue weighted by Gasteiger charge is -2.31. The molecule has 692 valence electrons. The van der Waals surface area contributed by atoms with Crippen LogP contribution in [0, 0.1) is 23.7 Å². The Morgan fingerprint density at radius 2 is 0.552 bits per heavy atom. The van der Waals surface area contributed by atoms with Crippen LogP contribution in [0.15, 0.2) is 170 Å². The maximum absolute atomic E-state index is 10.6. The van der Waals surface area contributed by atoms with E-state index in [1.807, 2.05) is 83.1 Å². The minimum Gasteiger partial charge on any atom is -0.395 e. The van der Waals surface area contributed by atoms with Crippen LogP contribution in [0.5, 0.6) is 0 Å². The van der Waals surface area contributed by atoms with Crippen LogP contribution in [0.1, 0.15) is 224 Å². The summed E-state index contributed by atoms with van der Waals surface area (Å²) in [5.74, 6) is 7.77. The first-order valence-electron chi connectivity index (χ1n) is 48.5. The number of anilines is 8. The Labute approximate surface area is 777 Å². The highest BCUT2D eigenvalue weighted by molar-refractivity contribution is 6.09. The molecule has 30 heteroatoms. The molecule has 16 aromatic rings. The number of aliphatic hydroxyl groups excluding tert-OH is 6. The molecule has 12 aromatic heterocycles. The van der Waals surface area contributed by atoms with Gasteiger partial charge in [-0.3, -0.25) is 9.80 Å². The summed E-state index contributed by atoms with van der Waals surface area (Å²) in [6.45, 7) is 15.4. The Morgan fingerprint density at radius 1 is 0.299 bits per heavy atom. The molecule has 24 rings (SSSR count). The van der Waals surface area contributed by atoms with Gasteiger partial charge < -0.3 is 80.8 Å². The van der Waals surface area contributed by atoms with E-state index in [9.17, 15) is 30.6 Å². The maximum atomic E-state index is 10.6. The van der Waals surface area contributed by atoms with Crippen LogP contribution in [-0.4, -0.2) is 171 Å². The lowest BCUT2D eigenvalue weighted by molar-refractivity contribution is 0.0768. The fourth-order valence-corrected chi connectivity index (χ4v) is 22.1. The summed E-state index contributed by atoms with van der Waals surface area (Å²) in [4.78, 5) is 61.0. The summed E-state index contributed by atoms with van der Waals surface area (Å²) in [6.07, 6.45) is 24.5. The van der Waals surface area contributed by atoms with Gasteiger partial charge in [0.05, 0.1) is 58.1 Å². The topological polar surface area (TPSA) is 374 Å². The van der Waals surface area contributed by atoms with E-state index in [1.165, 1.54) is 146 Å². The summed E-state index contributed by atoms with van der Waals surface area (Å²) in [5, 5.41) is 88.9.